The van der Waals surface area contributed by atoms with Crippen LogP contribution in [0.1, 0.15) is 5.56 Å². The summed E-state index contributed by atoms with van der Waals surface area (Å²) < 4.78 is 13.8. The molecule has 1 nitrogen and oxygen atoms in total. The highest BCUT2D eigenvalue weighted by Crippen LogP contribution is 2.26. The molecule has 0 amide bonds. The van der Waals surface area contributed by atoms with Gasteiger partial charge in [-0.2, -0.15) is 0 Å². The number of thiophene rings is 1. The van der Waals surface area contributed by atoms with Crippen LogP contribution in [0.2, 0.25) is 0 Å². The Morgan fingerprint density at radius 3 is 3.08 bits per heavy atom. The van der Waals surface area contributed by atoms with Crippen LogP contribution in [0.5, 0.6) is 0 Å². The third-order valence-electron chi connectivity index (χ3n) is 1.98. The van der Waals surface area contributed by atoms with Crippen molar-refractivity contribution in [2.24, 2.45) is 0 Å². The summed E-state index contributed by atoms with van der Waals surface area (Å²) in [6.45, 7) is 0.839. The fourth-order valence-electron chi connectivity index (χ4n) is 1.38. The van der Waals surface area contributed by atoms with Crippen molar-refractivity contribution >= 4 is 21.4 Å². The number of benzene rings is 1. The summed E-state index contributed by atoms with van der Waals surface area (Å²) in [4.78, 5) is 0. The Morgan fingerprint density at radius 1 is 1.46 bits per heavy atom. The molecule has 2 rings (SSSR count). The van der Waals surface area contributed by atoms with E-state index in [2.05, 4.69) is 10.7 Å². The van der Waals surface area contributed by atoms with Gasteiger partial charge in [0, 0.05) is 11.2 Å². The normalized spacial score (nSPS) is 10.9. The van der Waals surface area contributed by atoms with Crippen LogP contribution < -0.4 is 5.32 Å². The molecule has 0 atom stereocenters. The minimum atomic E-state index is -0.162. The summed E-state index contributed by atoms with van der Waals surface area (Å²) in [5.41, 5.74) is 1.24. The average Bonchev–Trinajstić information content (AvgIpc) is 2.49. The molecule has 0 spiro atoms. The Morgan fingerprint density at radius 2 is 2.31 bits per heavy atom. The first-order valence-corrected chi connectivity index (χ1v) is 4.99. The van der Waals surface area contributed by atoms with Crippen molar-refractivity contribution in [2.75, 3.05) is 7.05 Å². The lowest BCUT2D eigenvalue weighted by atomic mass is 10.2. The van der Waals surface area contributed by atoms with Crippen molar-refractivity contribution in [2.45, 2.75) is 6.54 Å². The Bertz CT molecular complexity index is 422. The SMILES string of the molecule is CNCc1csc2cc(F)ccc12. The van der Waals surface area contributed by atoms with E-state index in [1.165, 1.54) is 11.6 Å². The highest BCUT2D eigenvalue weighted by atomic mass is 32.1. The molecule has 0 aliphatic carbocycles. The topological polar surface area (TPSA) is 12.0 Å². The highest BCUT2D eigenvalue weighted by molar-refractivity contribution is 7.17. The molecule has 1 aromatic heterocycles. The van der Waals surface area contributed by atoms with Gasteiger partial charge in [0.25, 0.3) is 0 Å². The second-order valence-electron chi connectivity index (χ2n) is 2.93. The zero-order valence-electron chi connectivity index (χ0n) is 7.30. The Hall–Kier alpha value is -0.930. The van der Waals surface area contributed by atoms with Crippen LogP contribution in [0.4, 0.5) is 4.39 Å². The maximum absolute atomic E-state index is 12.8. The van der Waals surface area contributed by atoms with E-state index < -0.39 is 0 Å². The van der Waals surface area contributed by atoms with Gasteiger partial charge in [0.1, 0.15) is 5.82 Å². The minimum Gasteiger partial charge on any atom is -0.316 e. The predicted octanol–water partition coefficient (Wildman–Crippen LogP) is 2.76. The fourth-order valence-corrected chi connectivity index (χ4v) is 2.37. The van der Waals surface area contributed by atoms with Gasteiger partial charge < -0.3 is 5.32 Å². The third kappa shape index (κ3) is 1.57. The van der Waals surface area contributed by atoms with Crippen LogP contribution in [0.15, 0.2) is 23.6 Å². The Balaban J connectivity index is 2.55. The van der Waals surface area contributed by atoms with Gasteiger partial charge in [0.2, 0.25) is 0 Å². The second-order valence-corrected chi connectivity index (χ2v) is 3.84. The van der Waals surface area contributed by atoms with Crippen molar-refractivity contribution in [3.8, 4) is 0 Å². The molecule has 68 valence electrons. The predicted molar refractivity (Wildman–Crippen MR) is 54.5 cm³/mol. The summed E-state index contributed by atoms with van der Waals surface area (Å²) in [6.07, 6.45) is 0. The number of halogens is 1. The minimum absolute atomic E-state index is 0.162. The van der Waals surface area contributed by atoms with Crippen LogP contribution in [0.3, 0.4) is 0 Å². The van der Waals surface area contributed by atoms with Gasteiger partial charge >= 0.3 is 0 Å². The molecule has 1 aromatic carbocycles. The van der Waals surface area contributed by atoms with Gasteiger partial charge in [0.05, 0.1) is 0 Å². The lowest BCUT2D eigenvalue weighted by Crippen LogP contribution is -2.03. The summed E-state index contributed by atoms with van der Waals surface area (Å²) in [5, 5.41) is 6.31. The van der Waals surface area contributed by atoms with E-state index >= 15 is 0 Å². The van der Waals surface area contributed by atoms with Gasteiger partial charge in [-0.25, -0.2) is 4.39 Å². The quantitative estimate of drug-likeness (QED) is 0.777. The number of hydrogen-bond acceptors (Lipinski definition) is 2. The maximum atomic E-state index is 12.8. The van der Waals surface area contributed by atoms with Crippen LogP contribution in [-0.2, 0) is 6.54 Å². The summed E-state index contributed by atoms with van der Waals surface area (Å²) in [7, 11) is 1.91. The molecule has 2 aromatic rings. The fraction of sp³-hybridized carbons (Fsp3) is 0.200. The summed E-state index contributed by atoms with van der Waals surface area (Å²) in [6, 6.07) is 4.93. The molecule has 13 heavy (non-hydrogen) atoms. The molecule has 0 bridgehead atoms. The number of nitrogens with one attached hydrogen (secondary N) is 1. The zero-order chi connectivity index (χ0) is 9.26. The largest absolute Gasteiger partial charge is 0.316 e. The Kier molecular flexibility index (Phi) is 2.29. The first kappa shape index (κ1) is 8.66. The monoisotopic (exact) mass is 195 g/mol. The van der Waals surface area contributed by atoms with E-state index in [9.17, 15) is 4.39 Å². The standard InChI is InChI=1S/C10H10FNS/c1-12-5-7-6-13-10-4-8(11)2-3-9(7)10/h2-4,6,12H,5H2,1H3. The first-order valence-electron chi connectivity index (χ1n) is 4.11. The molecule has 1 N–H and O–H groups in total. The van der Waals surface area contributed by atoms with Crippen molar-refractivity contribution in [3.05, 3.63) is 35.0 Å². The molecule has 0 unspecified atom stereocenters. The zero-order valence-corrected chi connectivity index (χ0v) is 8.12. The third-order valence-corrected chi connectivity index (χ3v) is 2.98. The average molecular weight is 195 g/mol. The van der Waals surface area contributed by atoms with Gasteiger partial charge in [-0.3, -0.25) is 0 Å². The van der Waals surface area contributed by atoms with Gasteiger partial charge in [-0.05, 0) is 35.5 Å². The van der Waals surface area contributed by atoms with E-state index in [-0.39, 0.29) is 5.82 Å². The van der Waals surface area contributed by atoms with Crippen molar-refractivity contribution < 1.29 is 4.39 Å². The summed E-state index contributed by atoms with van der Waals surface area (Å²) in [5.74, 6) is -0.162. The number of fused-ring (bicyclic) bond motifs is 1. The van der Waals surface area contributed by atoms with Gasteiger partial charge in [-0.15, -0.1) is 11.3 Å². The molecule has 3 heteroatoms. The molecule has 0 radical (unpaired) electrons. The molecular formula is C10H10FNS. The molecule has 1 heterocycles. The smallest absolute Gasteiger partial charge is 0.124 e. The van der Waals surface area contributed by atoms with E-state index in [4.69, 9.17) is 0 Å². The van der Waals surface area contributed by atoms with Crippen molar-refractivity contribution in [1.82, 2.24) is 5.32 Å². The lowest BCUT2D eigenvalue weighted by molar-refractivity contribution is 0.630. The molecule has 0 aliphatic heterocycles. The lowest BCUT2D eigenvalue weighted by Gasteiger charge is -1.96. The van der Waals surface area contributed by atoms with Crippen LogP contribution in [0, 0.1) is 5.82 Å². The van der Waals surface area contributed by atoms with Crippen molar-refractivity contribution in [1.29, 1.82) is 0 Å². The Labute approximate surface area is 80.2 Å². The van der Waals surface area contributed by atoms with Gasteiger partial charge in [0.15, 0.2) is 0 Å². The molecule has 0 saturated heterocycles. The number of rotatable bonds is 2. The van der Waals surface area contributed by atoms with Crippen LogP contribution in [-0.4, -0.2) is 7.05 Å². The van der Waals surface area contributed by atoms with Gasteiger partial charge in [-0.1, -0.05) is 6.07 Å². The van der Waals surface area contributed by atoms with E-state index in [1.807, 2.05) is 13.1 Å². The molecule has 0 aliphatic rings. The van der Waals surface area contributed by atoms with Crippen LogP contribution >= 0.6 is 11.3 Å². The maximum Gasteiger partial charge on any atom is 0.124 e. The summed E-state index contributed by atoms with van der Waals surface area (Å²) >= 11 is 1.59. The second kappa shape index (κ2) is 3.44. The first-order chi connectivity index (χ1) is 6.31. The molecule has 0 fully saturated rings. The van der Waals surface area contributed by atoms with Crippen molar-refractivity contribution in [3.63, 3.8) is 0 Å². The molecule has 0 saturated carbocycles. The van der Waals surface area contributed by atoms with E-state index in [0.29, 0.717) is 0 Å². The van der Waals surface area contributed by atoms with E-state index in [0.717, 1.165) is 16.6 Å². The van der Waals surface area contributed by atoms with Crippen LogP contribution in [0.25, 0.3) is 10.1 Å². The number of hydrogen-bond donors (Lipinski definition) is 1. The van der Waals surface area contributed by atoms with E-state index in [1.54, 1.807) is 17.4 Å². The highest BCUT2D eigenvalue weighted by Gasteiger charge is 2.03. The molecular weight excluding hydrogens is 185 g/mol.